The molecule has 1 saturated heterocycles. The van der Waals surface area contributed by atoms with E-state index in [-0.39, 0.29) is 23.9 Å². The fourth-order valence-corrected chi connectivity index (χ4v) is 2.49. The van der Waals surface area contributed by atoms with E-state index in [1.807, 2.05) is 0 Å². The lowest BCUT2D eigenvalue weighted by Crippen LogP contribution is -2.43. The molecule has 0 bridgehead atoms. The maximum absolute atomic E-state index is 11.1. The van der Waals surface area contributed by atoms with Crippen molar-refractivity contribution in [2.75, 3.05) is 6.54 Å². The fourth-order valence-electron chi connectivity index (χ4n) is 2.49. The van der Waals surface area contributed by atoms with Gasteiger partial charge in [0, 0.05) is 12.0 Å². The van der Waals surface area contributed by atoms with E-state index in [9.17, 15) is 9.90 Å². The second kappa shape index (κ2) is 4.45. The number of nitrogens with zero attached hydrogens (tertiary/aromatic N) is 1. The van der Waals surface area contributed by atoms with Gasteiger partial charge in [-0.25, -0.2) is 4.79 Å². The second-order valence-corrected chi connectivity index (χ2v) is 5.52. The number of carboxylic acid groups (broad SMARTS) is 1. The van der Waals surface area contributed by atoms with Crippen LogP contribution in [-0.4, -0.2) is 39.9 Å². The van der Waals surface area contributed by atoms with Crippen molar-refractivity contribution in [3.05, 3.63) is 12.7 Å². The van der Waals surface area contributed by atoms with Crippen LogP contribution in [0.5, 0.6) is 0 Å². The summed E-state index contributed by atoms with van der Waals surface area (Å²) in [5, 5.41) is 18.7. The molecule has 2 unspecified atom stereocenters. The van der Waals surface area contributed by atoms with E-state index in [4.69, 9.17) is 5.11 Å². The quantitative estimate of drug-likeness (QED) is 0.709. The first-order valence-electron chi connectivity index (χ1n) is 5.57. The number of aliphatic hydroxyl groups is 1. The zero-order chi connectivity index (χ0) is 12.5. The van der Waals surface area contributed by atoms with Crippen molar-refractivity contribution in [3.8, 4) is 0 Å². The molecule has 1 aliphatic heterocycles. The van der Waals surface area contributed by atoms with E-state index in [0.29, 0.717) is 6.42 Å². The zero-order valence-corrected chi connectivity index (χ0v) is 10.2. The molecule has 4 heteroatoms. The van der Waals surface area contributed by atoms with Crippen molar-refractivity contribution in [1.29, 1.82) is 0 Å². The fraction of sp³-hybridized carbons (Fsp3) is 0.750. The standard InChI is InChI=1S/C12H21NO3/c1-5-9(12(2,3)4)10-6-8(14)7-13(10)11(15)16/h5,8-10,14H,1,6-7H2,2-4H3,(H,15,16)/t8?,9-,10?/m1/s1. The molecule has 2 N–H and O–H groups in total. The summed E-state index contributed by atoms with van der Waals surface area (Å²) < 4.78 is 0. The van der Waals surface area contributed by atoms with Gasteiger partial charge in [-0.2, -0.15) is 0 Å². The van der Waals surface area contributed by atoms with Gasteiger partial charge in [-0.05, 0) is 11.8 Å². The highest BCUT2D eigenvalue weighted by Crippen LogP contribution is 2.36. The number of carbonyl (C=O) groups is 1. The van der Waals surface area contributed by atoms with Gasteiger partial charge in [0.05, 0.1) is 12.6 Å². The molecule has 0 saturated carbocycles. The summed E-state index contributed by atoms with van der Waals surface area (Å²) in [6.07, 6.45) is 0.794. The van der Waals surface area contributed by atoms with Crippen molar-refractivity contribution < 1.29 is 15.0 Å². The minimum atomic E-state index is -0.961. The normalized spacial score (nSPS) is 27.9. The molecule has 0 aliphatic carbocycles. The number of likely N-dealkylation sites (tertiary alicyclic amines) is 1. The Hall–Kier alpha value is -1.03. The highest BCUT2D eigenvalue weighted by atomic mass is 16.4. The molecule has 1 heterocycles. The molecular weight excluding hydrogens is 206 g/mol. The van der Waals surface area contributed by atoms with Gasteiger partial charge in [-0.1, -0.05) is 26.8 Å². The van der Waals surface area contributed by atoms with E-state index in [1.54, 1.807) is 6.08 Å². The van der Waals surface area contributed by atoms with Crippen molar-refractivity contribution in [2.45, 2.75) is 39.3 Å². The van der Waals surface area contributed by atoms with Gasteiger partial charge in [-0.3, -0.25) is 0 Å². The van der Waals surface area contributed by atoms with Crippen LogP contribution in [0.3, 0.4) is 0 Å². The lowest BCUT2D eigenvalue weighted by Gasteiger charge is -2.36. The summed E-state index contributed by atoms with van der Waals surface area (Å²) in [6.45, 7) is 10.2. The van der Waals surface area contributed by atoms with E-state index in [1.165, 1.54) is 4.90 Å². The van der Waals surface area contributed by atoms with Gasteiger partial charge in [0.15, 0.2) is 0 Å². The molecule has 92 valence electrons. The zero-order valence-electron chi connectivity index (χ0n) is 10.2. The van der Waals surface area contributed by atoms with Crippen molar-refractivity contribution in [3.63, 3.8) is 0 Å². The minimum absolute atomic E-state index is 0.0514. The Balaban J connectivity index is 2.92. The van der Waals surface area contributed by atoms with Crippen LogP contribution in [0.15, 0.2) is 12.7 Å². The van der Waals surface area contributed by atoms with Crippen LogP contribution in [0.25, 0.3) is 0 Å². The van der Waals surface area contributed by atoms with Gasteiger partial charge in [0.25, 0.3) is 0 Å². The Kier molecular flexibility index (Phi) is 3.63. The molecule has 4 nitrogen and oxygen atoms in total. The van der Waals surface area contributed by atoms with E-state index in [2.05, 4.69) is 27.4 Å². The van der Waals surface area contributed by atoms with Gasteiger partial charge >= 0.3 is 6.09 Å². The third-order valence-electron chi connectivity index (χ3n) is 3.24. The molecule has 1 aliphatic rings. The number of amides is 1. The Morgan fingerprint density at radius 3 is 2.50 bits per heavy atom. The molecule has 3 atom stereocenters. The lowest BCUT2D eigenvalue weighted by atomic mass is 9.75. The summed E-state index contributed by atoms with van der Waals surface area (Å²) in [6, 6.07) is -0.162. The number of hydrogen-bond acceptors (Lipinski definition) is 2. The number of aliphatic hydroxyl groups excluding tert-OH is 1. The molecule has 1 rings (SSSR count). The minimum Gasteiger partial charge on any atom is -0.465 e. The largest absolute Gasteiger partial charge is 0.465 e. The summed E-state index contributed by atoms with van der Waals surface area (Å²) in [5.41, 5.74) is -0.0514. The van der Waals surface area contributed by atoms with Crippen LogP contribution in [0.1, 0.15) is 27.2 Å². The molecule has 0 radical (unpaired) electrons. The van der Waals surface area contributed by atoms with Crippen molar-refractivity contribution >= 4 is 6.09 Å². The Labute approximate surface area is 96.6 Å². The van der Waals surface area contributed by atoms with Gasteiger partial charge in [0.1, 0.15) is 0 Å². The molecular formula is C12H21NO3. The van der Waals surface area contributed by atoms with Crippen molar-refractivity contribution in [1.82, 2.24) is 4.90 Å². The maximum atomic E-state index is 11.1. The van der Waals surface area contributed by atoms with Crippen molar-refractivity contribution in [2.24, 2.45) is 11.3 Å². The molecule has 16 heavy (non-hydrogen) atoms. The average molecular weight is 227 g/mol. The highest BCUT2D eigenvalue weighted by Gasteiger charge is 2.42. The Morgan fingerprint density at radius 1 is 1.56 bits per heavy atom. The SMILES string of the molecule is C=C[C@H](C1CC(O)CN1C(=O)O)C(C)(C)C. The molecule has 0 aromatic heterocycles. The first kappa shape index (κ1) is 13.0. The summed E-state index contributed by atoms with van der Waals surface area (Å²) in [7, 11) is 0. The molecule has 0 aromatic rings. The van der Waals surface area contributed by atoms with Gasteiger partial charge in [0.2, 0.25) is 0 Å². The van der Waals surface area contributed by atoms with Crippen LogP contribution in [0.4, 0.5) is 4.79 Å². The maximum Gasteiger partial charge on any atom is 0.407 e. The summed E-state index contributed by atoms with van der Waals surface area (Å²) in [5.74, 6) is 0.0562. The Bertz CT molecular complexity index is 282. The van der Waals surface area contributed by atoms with Crippen LogP contribution in [-0.2, 0) is 0 Å². The first-order valence-corrected chi connectivity index (χ1v) is 5.57. The number of rotatable bonds is 2. The molecule has 1 amide bonds. The van der Waals surface area contributed by atoms with E-state index >= 15 is 0 Å². The smallest absolute Gasteiger partial charge is 0.407 e. The third kappa shape index (κ3) is 2.55. The lowest BCUT2D eigenvalue weighted by molar-refractivity contribution is 0.107. The number of hydrogen-bond donors (Lipinski definition) is 2. The molecule has 0 aromatic carbocycles. The van der Waals surface area contributed by atoms with Gasteiger partial charge in [-0.15, -0.1) is 6.58 Å². The third-order valence-corrected chi connectivity index (χ3v) is 3.24. The second-order valence-electron chi connectivity index (χ2n) is 5.52. The van der Waals surface area contributed by atoms with Crippen LogP contribution >= 0.6 is 0 Å². The molecule has 0 spiro atoms. The Morgan fingerprint density at radius 2 is 2.12 bits per heavy atom. The summed E-state index contributed by atoms with van der Waals surface area (Å²) >= 11 is 0. The highest BCUT2D eigenvalue weighted by molar-refractivity contribution is 5.66. The van der Waals surface area contributed by atoms with E-state index in [0.717, 1.165) is 0 Å². The average Bonchev–Trinajstić information content (AvgIpc) is 2.46. The molecule has 1 fully saturated rings. The summed E-state index contributed by atoms with van der Waals surface area (Å²) in [4.78, 5) is 12.4. The topological polar surface area (TPSA) is 60.8 Å². The van der Waals surface area contributed by atoms with Gasteiger partial charge < -0.3 is 15.1 Å². The van der Waals surface area contributed by atoms with E-state index < -0.39 is 12.2 Å². The van der Waals surface area contributed by atoms with Crippen LogP contribution in [0, 0.1) is 11.3 Å². The predicted octanol–water partition coefficient (Wildman–Crippen LogP) is 1.95. The predicted molar refractivity (Wildman–Crippen MR) is 62.3 cm³/mol. The van der Waals surface area contributed by atoms with Crippen LogP contribution < -0.4 is 0 Å². The number of β-amino-alcohol motifs (C(OH)–C–C–N with tert-alkyl or cyclic N) is 1. The first-order chi connectivity index (χ1) is 7.27. The monoisotopic (exact) mass is 227 g/mol. The van der Waals surface area contributed by atoms with Crippen LogP contribution in [0.2, 0.25) is 0 Å².